The van der Waals surface area contributed by atoms with E-state index in [0.717, 1.165) is 6.07 Å². The highest BCUT2D eigenvalue weighted by Crippen LogP contribution is 2.23. The number of hydrogen-bond acceptors (Lipinski definition) is 5. The van der Waals surface area contributed by atoms with E-state index >= 15 is 0 Å². The molecular formula is C9H5N3O6. The van der Waals surface area contributed by atoms with Gasteiger partial charge in [0.2, 0.25) is 0 Å². The van der Waals surface area contributed by atoms with Crippen molar-refractivity contribution < 1.29 is 29.7 Å². The Morgan fingerprint density at radius 1 is 0.944 bits per heavy atom. The van der Waals surface area contributed by atoms with Gasteiger partial charge in [0.15, 0.2) is 0 Å². The van der Waals surface area contributed by atoms with E-state index in [0.29, 0.717) is 0 Å². The van der Waals surface area contributed by atoms with Crippen molar-refractivity contribution in [2.45, 2.75) is 0 Å². The Morgan fingerprint density at radius 3 is 2.06 bits per heavy atom. The van der Waals surface area contributed by atoms with E-state index in [9.17, 15) is 14.4 Å². The summed E-state index contributed by atoms with van der Waals surface area (Å²) in [7, 11) is 0. The van der Waals surface area contributed by atoms with Crippen molar-refractivity contribution >= 4 is 28.9 Å². The average Bonchev–Trinajstić information content (AvgIpc) is 2.72. The third kappa shape index (κ3) is 1.54. The first-order chi connectivity index (χ1) is 8.43. The van der Waals surface area contributed by atoms with Crippen LogP contribution < -0.4 is 0 Å². The third-order valence-corrected chi connectivity index (χ3v) is 2.27. The second-order valence-corrected chi connectivity index (χ2v) is 3.28. The Kier molecular flexibility index (Phi) is 2.43. The van der Waals surface area contributed by atoms with Crippen molar-refractivity contribution in [3.63, 3.8) is 0 Å². The normalized spacial score (nSPS) is 10.4. The summed E-state index contributed by atoms with van der Waals surface area (Å²) in [6.45, 7) is 0. The first kappa shape index (κ1) is 11.5. The summed E-state index contributed by atoms with van der Waals surface area (Å²) in [6, 6.07) is 0.955. The van der Waals surface area contributed by atoms with Crippen LogP contribution in [0.1, 0.15) is 31.1 Å². The molecule has 92 valence electrons. The van der Waals surface area contributed by atoms with Crippen molar-refractivity contribution in [2.24, 2.45) is 0 Å². The van der Waals surface area contributed by atoms with Gasteiger partial charge in [-0.3, -0.25) is 0 Å². The van der Waals surface area contributed by atoms with Crippen molar-refractivity contribution in [1.29, 1.82) is 0 Å². The van der Waals surface area contributed by atoms with Gasteiger partial charge in [0.1, 0.15) is 16.6 Å². The van der Waals surface area contributed by atoms with Crippen LogP contribution >= 0.6 is 0 Å². The molecule has 1 aromatic carbocycles. The highest BCUT2D eigenvalue weighted by molar-refractivity contribution is 6.15. The molecular weight excluding hydrogens is 246 g/mol. The number of aromatic carboxylic acids is 3. The van der Waals surface area contributed by atoms with Crippen molar-refractivity contribution in [3.05, 3.63) is 22.8 Å². The lowest BCUT2D eigenvalue weighted by atomic mass is 9.99. The second-order valence-electron chi connectivity index (χ2n) is 3.28. The maximum Gasteiger partial charge on any atom is 0.338 e. The van der Waals surface area contributed by atoms with Crippen LogP contribution in [0.25, 0.3) is 11.0 Å². The van der Waals surface area contributed by atoms with Crippen LogP contribution in [-0.2, 0) is 0 Å². The number of carboxylic acids is 3. The number of rotatable bonds is 3. The predicted octanol–water partition coefficient (Wildman–Crippen LogP) is 0.0525. The lowest BCUT2D eigenvalue weighted by molar-refractivity contribution is 0.0634. The minimum Gasteiger partial charge on any atom is -0.478 e. The van der Waals surface area contributed by atoms with Crippen LogP contribution in [-0.4, -0.2) is 48.6 Å². The molecule has 4 N–H and O–H groups in total. The Labute approximate surface area is 97.7 Å². The van der Waals surface area contributed by atoms with E-state index < -0.39 is 34.6 Å². The summed E-state index contributed by atoms with van der Waals surface area (Å²) in [5.41, 5.74) is -2.41. The third-order valence-electron chi connectivity index (χ3n) is 2.27. The first-order valence-electron chi connectivity index (χ1n) is 4.50. The molecule has 0 radical (unpaired) electrons. The summed E-state index contributed by atoms with van der Waals surface area (Å²) < 4.78 is 0. The maximum absolute atomic E-state index is 11.1. The molecule has 0 atom stereocenters. The molecule has 0 aliphatic heterocycles. The summed E-state index contributed by atoms with van der Waals surface area (Å²) in [4.78, 5) is 33.1. The van der Waals surface area contributed by atoms with Gasteiger partial charge in [0, 0.05) is 0 Å². The standard InChI is InChI=1S/C9H5N3O6/c13-7(14)2-1-3-6(11-12-10-3)5(9(17)18)4(2)8(15)16/h1H,(H,13,14)(H,15,16)(H,17,18)(H,10,11,12). The topological polar surface area (TPSA) is 153 Å². The number of nitrogens with one attached hydrogen (secondary N) is 1. The van der Waals surface area contributed by atoms with Gasteiger partial charge in [0.25, 0.3) is 0 Å². The zero-order chi connectivity index (χ0) is 13.4. The quantitative estimate of drug-likeness (QED) is 0.596. The number of H-pyrrole nitrogens is 1. The second kappa shape index (κ2) is 3.80. The molecule has 0 spiro atoms. The van der Waals surface area contributed by atoms with Crippen molar-refractivity contribution in [3.8, 4) is 0 Å². The number of hydrogen-bond donors (Lipinski definition) is 4. The molecule has 1 heterocycles. The molecule has 9 nitrogen and oxygen atoms in total. The van der Waals surface area contributed by atoms with Gasteiger partial charge in [0.05, 0.1) is 11.1 Å². The van der Waals surface area contributed by atoms with Crippen LogP contribution in [0.2, 0.25) is 0 Å². The fourth-order valence-electron chi connectivity index (χ4n) is 1.58. The molecule has 18 heavy (non-hydrogen) atoms. The number of fused-ring (bicyclic) bond motifs is 1. The number of carbonyl (C=O) groups is 3. The van der Waals surface area contributed by atoms with Gasteiger partial charge in [-0.15, -0.1) is 0 Å². The van der Waals surface area contributed by atoms with E-state index in [1.807, 2.05) is 0 Å². The molecule has 9 heteroatoms. The van der Waals surface area contributed by atoms with Gasteiger partial charge in [-0.2, -0.15) is 15.4 Å². The highest BCUT2D eigenvalue weighted by Gasteiger charge is 2.28. The molecule has 0 bridgehead atoms. The van der Waals surface area contributed by atoms with Gasteiger partial charge in [-0.25, -0.2) is 14.4 Å². The Hall–Kier alpha value is -2.97. The van der Waals surface area contributed by atoms with Crippen LogP contribution in [0.3, 0.4) is 0 Å². The lowest BCUT2D eigenvalue weighted by Gasteiger charge is -2.05. The number of carboxylic acid groups (broad SMARTS) is 3. The van der Waals surface area contributed by atoms with Gasteiger partial charge >= 0.3 is 17.9 Å². The van der Waals surface area contributed by atoms with Gasteiger partial charge in [-0.1, -0.05) is 0 Å². The SMILES string of the molecule is O=C(O)c1cc2n[nH]nc2c(C(=O)O)c1C(=O)O. The van der Waals surface area contributed by atoms with Crippen molar-refractivity contribution in [2.75, 3.05) is 0 Å². The molecule has 2 aromatic rings. The van der Waals surface area contributed by atoms with Crippen LogP contribution in [0, 0.1) is 0 Å². The summed E-state index contributed by atoms with van der Waals surface area (Å²) in [6.07, 6.45) is 0. The van der Waals surface area contributed by atoms with Crippen LogP contribution in [0.5, 0.6) is 0 Å². The van der Waals surface area contributed by atoms with Crippen LogP contribution in [0.15, 0.2) is 6.07 Å². The van der Waals surface area contributed by atoms with E-state index in [4.69, 9.17) is 15.3 Å². The molecule has 0 aliphatic rings. The zero-order valence-corrected chi connectivity index (χ0v) is 8.54. The van der Waals surface area contributed by atoms with E-state index in [1.54, 1.807) is 0 Å². The Bertz CT molecular complexity index is 689. The number of aromatic nitrogens is 3. The lowest BCUT2D eigenvalue weighted by Crippen LogP contribution is -2.15. The fraction of sp³-hybridized carbons (Fsp3) is 0. The Balaban J connectivity index is 3.01. The summed E-state index contributed by atoms with van der Waals surface area (Å²) in [5, 5.41) is 36.0. The van der Waals surface area contributed by atoms with E-state index in [-0.39, 0.29) is 11.0 Å². The molecule has 2 rings (SSSR count). The molecule has 0 saturated heterocycles. The molecule has 0 fully saturated rings. The van der Waals surface area contributed by atoms with E-state index in [2.05, 4.69) is 15.4 Å². The van der Waals surface area contributed by atoms with Crippen LogP contribution in [0.4, 0.5) is 0 Å². The molecule has 0 aliphatic carbocycles. The molecule has 0 amide bonds. The smallest absolute Gasteiger partial charge is 0.338 e. The first-order valence-corrected chi connectivity index (χ1v) is 4.50. The molecule has 0 unspecified atom stereocenters. The highest BCUT2D eigenvalue weighted by atomic mass is 16.4. The average molecular weight is 251 g/mol. The molecule has 0 saturated carbocycles. The summed E-state index contributed by atoms with van der Waals surface area (Å²) in [5.74, 6) is -4.80. The number of benzene rings is 1. The minimum atomic E-state index is -1.66. The van der Waals surface area contributed by atoms with E-state index in [1.165, 1.54) is 0 Å². The van der Waals surface area contributed by atoms with Gasteiger partial charge < -0.3 is 15.3 Å². The maximum atomic E-state index is 11.1. The Morgan fingerprint density at radius 2 is 1.56 bits per heavy atom. The predicted molar refractivity (Wildman–Crippen MR) is 54.8 cm³/mol. The minimum absolute atomic E-state index is 0.0326. The number of nitrogens with zero attached hydrogens (tertiary/aromatic N) is 2. The molecule has 1 aromatic heterocycles. The largest absolute Gasteiger partial charge is 0.478 e. The fourth-order valence-corrected chi connectivity index (χ4v) is 1.58. The monoisotopic (exact) mass is 251 g/mol. The zero-order valence-electron chi connectivity index (χ0n) is 8.54. The number of aromatic amines is 1. The summed E-state index contributed by atoms with van der Waals surface area (Å²) >= 11 is 0. The van der Waals surface area contributed by atoms with Gasteiger partial charge in [-0.05, 0) is 6.07 Å². The van der Waals surface area contributed by atoms with Crippen molar-refractivity contribution in [1.82, 2.24) is 15.4 Å².